The molecule has 0 aromatic carbocycles. The lowest BCUT2D eigenvalue weighted by molar-refractivity contribution is 0.235. The molecule has 0 N–H and O–H groups in total. The Morgan fingerprint density at radius 2 is 1.35 bits per heavy atom. The van der Waals surface area contributed by atoms with Crippen molar-refractivity contribution in [1.29, 1.82) is 0 Å². The zero-order chi connectivity index (χ0) is 16.4. The summed E-state index contributed by atoms with van der Waals surface area (Å²) in [7, 11) is 0. The molecule has 0 saturated heterocycles. The van der Waals surface area contributed by atoms with Gasteiger partial charge in [0.15, 0.2) is 11.8 Å². The van der Waals surface area contributed by atoms with Crippen molar-refractivity contribution in [2.45, 2.75) is 78.3 Å². The number of rotatable bonds is 6. The van der Waals surface area contributed by atoms with Crippen LogP contribution in [0.1, 0.15) is 66.2 Å². The van der Waals surface area contributed by atoms with E-state index in [1.807, 2.05) is 0 Å². The van der Waals surface area contributed by atoms with Crippen LogP contribution < -0.4 is 0 Å². The fourth-order valence-electron chi connectivity index (χ4n) is 3.93. The Hall–Kier alpha value is -1.06. The van der Waals surface area contributed by atoms with Crippen LogP contribution in [0.2, 0.25) is 0 Å². The Balaban J connectivity index is 1.84. The van der Waals surface area contributed by atoms with E-state index in [4.69, 9.17) is 19.5 Å². The lowest BCUT2D eigenvalue weighted by Crippen LogP contribution is -2.37. The van der Waals surface area contributed by atoms with E-state index in [1.165, 1.54) is 12.8 Å². The van der Waals surface area contributed by atoms with Crippen molar-refractivity contribution in [3.8, 4) is 0 Å². The maximum atomic E-state index is 6.10. The topological polar surface area (TPSA) is 43.2 Å². The summed E-state index contributed by atoms with van der Waals surface area (Å²) >= 11 is 0. The average molecular weight is 320 g/mol. The second-order valence-electron chi connectivity index (χ2n) is 7.69. The van der Waals surface area contributed by atoms with Crippen LogP contribution in [0.3, 0.4) is 0 Å². The van der Waals surface area contributed by atoms with Gasteiger partial charge in [0.05, 0.1) is 12.1 Å². The Bertz CT molecular complexity index is 442. The quantitative estimate of drug-likeness (QED) is 0.735. The summed E-state index contributed by atoms with van der Waals surface area (Å²) < 4.78 is 12.2. The first kappa shape index (κ1) is 16.8. The molecule has 0 aromatic heterocycles. The zero-order valence-electron chi connectivity index (χ0n) is 15.2. The first-order valence-electron chi connectivity index (χ1n) is 9.52. The van der Waals surface area contributed by atoms with E-state index in [1.54, 1.807) is 0 Å². The highest BCUT2D eigenvalue weighted by Crippen LogP contribution is 2.45. The van der Waals surface area contributed by atoms with Gasteiger partial charge in [-0.1, -0.05) is 53.4 Å². The lowest BCUT2D eigenvalue weighted by atomic mass is 9.85. The molecule has 1 fully saturated rings. The van der Waals surface area contributed by atoms with Gasteiger partial charge >= 0.3 is 0 Å². The molecule has 3 aliphatic rings. The Morgan fingerprint density at radius 1 is 0.913 bits per heavy atom. The molecular formula is C19H32N2O2. The van der Waals surface area contributed by atoms with Gasteiger partial charge in [-0.15, -0.1) is 0 Å². The SMILES string of the molecule is CCC(C)[C@H]1COC(C2(C3=N[C@@H](C(C)CC)CO3)CCCC2)=N1. The van der Waals surface area contributed by atoms with Crippen LogP contribution >= 0.6 is 0 Å². The molecule has 2 heterocycles. The Morgan fingerprint density at radius 3 is 1.74 bits per heavy atom. The second kappa shape index (κ2) is 6.82. The monoisotopic (exact) mass is 320 g/mol. The van der Waals surface area contributed by atoms with Crippen molar-refractivity contribution < 1.29 is 9.47 Å². The first-order chi connectivity index (χ1) is 11.1. The van der Waals surface area contributed by atoms with Gasteiger partial charge in [0, 0.05) is 0 Å². The van der Waals surface area contributed by atoms with Crippen LogP contribution in [-0.2, 0) is 9.47 Å². The molecule has 0 spiro atoms. The van der Waals surface area contributed by atoms with Gasteiger partial charge in [-0.05, 0) is 24.7 Å². The molecule has 0 amide bonds. The standard InChI is InChI=1S/C19H32N2O2/c1-5-13(3)15-11-22-17(20-15)19(9-7-8-10-19)18-21-16(12-23-18)14(4)6-2/h13-16H,5-12H2,1-4H3/t13?,14?,15-,16-/m1/s1. The van der Waals surface area contributed by atoms with E-state index in [9.17, 15) is 0 Å². The summed E-state index contributed by atoms with van der Waals surface area (Å²) in [6.45, 7) is 10.5. The van der Waals surface area contributed by atoms with Crippen LogP contribution in [0.25, 0.3) is 0 Å². The van der Waals surface area contributed by atoms with Crippen molar-refractivity contribution in [2.24, 2.45) is 27.2 Å². The summed E-state index contributed by atoms with van der Waals surface area (Å²) in [5, 5.41) is 0. The molecule has 130 valence electrons. The maximum absolute atomic E-state index is 6.10. The number of ether oxygens (including phenoxy) is 2. The van der Waals surface area contributed by atoms with Crippen LogP contribution in [-0.4, -0.2) is 37.1 Å². The van der Waals surface area contributed by atoms with E-state index in [2.05, 4.69) is 27.7 Å². The molecule has 0 bridgehead atoms. The molecule has 1 aliphatic carbocycles. The molecule has 1 saturated carbocycles. The van der Waals surface area contributed by atoms with Gasteiger partial charge in [-0.2, -0.15) is 0 Å². The third-order valence-electron chi connectivity index (χ3n) is 6.23. The van der Waals surface area contributed by atoms with Gasteiger partial charge in [0.25, 0.3) is 0 Å². The van der Waals surface area contributed by atoms with Gasteiger partial charge in [0.2, 0.25) is 0 Å². The number of hydrogen-bond donors (Lipinski definition) is 0. The maximum Gasteiger partial charge on any atom is 0.199 e. The minimum Gasteiger partial charge on any atom is -0.478 e. The van der Waals surface area contributed by atoms with Crippen molar-refractivity contribution in [3.05, 3.63) is 0 Å². The predicted octanol–water partition coefficient (Wildman–Crippen LogP) is 4.23. The van der Waals surface area contributed by atoms with Gasteiger partial charge in [0.1, 0.15) is 18.6 Å². The minimum absolute atomic E-state index is 0.162. The highest BCUT2D eigenvalue weighted by atomic mass is 16.5. The first-order valence-corrected chi connectivity index (χ1v) is 9.52. The summed E-state index contributed by atoms with van der Waals surface area (Å²) in [4.78, 5) is 9.96. The highest BCUT2D eigenvalue weighted by Gasteiger charge is 2.50. The molecule has 3 rings (SSSR count). The smallest absolute Gasteiger partial charge is 0.199 e. The van der Waals surface area contributed by atoms with Gasteiger partial charge in [-0.3, -0.25) is 0 Å². The molecule has 0 aromatic rings. The Labute approximate surface area is 140 Å². The lowest BCUT2D eigenvalue weighted by Gasteiger charge is -2.26. The summed E-state index contributed by atoms with van der Waals surface area (Å²) in [5.74, 6) is 2.99. The van der Waals surface area contributed by atoms with E-state index < -0.39 is 0 Å². The molecule has 4 atom stereocenters. The molecule has 0 radical (unpaired) electrons. The third kappa shape index (κ3) is 3.01. The molecule has 4 heteroatoms. The van der Waals surface area contributed by atoms with Crippen LogP contribution in [0, 0.1) is 17.3 Å². The zero-order valence-corrected chi connectivity index (χ0v) is 15.2. The van der Waals surface area contributed by atoms with E-state index >= 15 is 0 Å². The second-order valence-corrected chi connectivity index (χ2v) is 7.69. The summed E-state index contributed by atoms with van der Waals surface area (Å²) in [6.07, 6.45) is 6.87. The summed E-state index contributed by atoms with van der Waals surface area (Å²) in [5.41, 5.74) is -0.162. The normalized spacial score (nSPS) is 32.0. The molecule has 2 aliphatic heterocycles. The van der Waals surface area contributed by atoms with Crippen molar-refractivity contribution in [2.75, 3.05) is 13.2 Å². The molecule has 4 nitrogen and oxygen atoms in total. The highest BCUT2D eigenvalue weighted by molar-refractivity contribution is 6.06. The number of aliphatic imine (C=N–C) groups is 2. The van der Waals surface area contributed by atoms with Crippen molar-refractivity contribution >= 4 is 11.8 Å². The molecular weight excluding hydrogens is 288 g/mol. The summed E-state index contributed by atoms with van der Waals surface area (Å²) in [6, 6.07) is 0.611. The van der Waals surface area contributed by atoms with Crippen LogP contribution in [0.5, 0.6) is 0 Å². The average Bonchev–Trinajstić information content (AvgIpc) is 3.32. The number of nitrogens with zero attached hydrogens (tertiary/aromatic N) is 2. The van der Waals surface area contributed by atoms with Crippen molar-refractivity contribution in [1.82, 2.24) is 0 Å². The molecule has 2 unspecified atom stereocenters. The predicted molar refractivity (Wildman–Crippen MR) is 94.2 cm³/mol. The van der Waals surface area contributed by atoms with E-state index in [0.717, 1.165) is 50.7 Å². The minimum atomic E-state index is -0.162. The van der Waals surface area contributed by atoms with Crippen molar-refractivity contribution in [3.63, 3.8) is 0 Å². The van der Waals surface area contributed by atoms with E-state index in [0.29, 0.717) is 23.9 Å². The largest absolute Gasteiger partial charge is 0.478 e. The van der Waals surface area contributed by atoms with Gasteiger partial charge in [-0.25, -0.2) is 9.98 Å². The molecule has 23 heavy (non-hydrogen) atoms. The third-order valence-corrected chi connectivity index (χ3v) is 6.23. The van der Waals surface area contributed by atoms with E-state index in [-0.39, 0.29) is 5.41 Å². The van der Waals surface area contributed by atoms with Gasteiger partial charge < -0.3 is 9.47 Å². The van der Waals surface area contributed by atoms with Crippen LogP contribution in [0.4, 0.5) is 0 Å². The fraction of sp³-hybridized carbons (Fsp3) is 0.895. The van der Waals surface area contributed by atoms with Crippen LogP contribution in [0.15, 0.2) is 9.98 Å². The fourth-order valence-corrected chi connectivity index (χ4v) is 3.93. The Kier molecular flexibility index (Phi) is 4.98. The number of hydrogen-bond acceptors (Lipinski definition) is 4.